The third-order valence-electron chi connectivity index (χ3n) is 2.73. The van der Waals surface area contributed by atoms with Crippen LogP contribution in [0.2, 0.25) is 0 Å². The lowest BCUT2D eigenvalue weighted by Gasteiger charge is -2.07. The number of aryl methyl sites for hydroxylation is 1. The third kappa shape index (κ3) is 3.32. The topological polar surface area (TPSA) is 59.4 Å². The van der Waals surface area contributed by atoms with Crippen LogP contribution < -0.4 is 4.74 Å². The molecule has 0 saturated heterocycles. The summed E-state index contributed by atoms with van der Waals surface area (Å²) < 4.78 is 18.9. The molecule has 1 aromatic carbocycles. The molecule has 0 radical (unpaired) electrons. The minimum atomic E-state index is -1.23. The second-order valence-electron chi connectivity index (χ2n) is 4.31. The minimum Gasteiger partial charge on any atom is -0.478 e. The summed E-state index contributed by atoms with van der Waals surface area (Å²) in [4.78, 5) is 14.3. The molecule has 2 aromatic rings. The zero-order valence-corrected chi connectivity index (χ0v) is 11.0. The number of hydrogen-bond donors (Lipinski definition) is 1. The van der Waals surface area contributed by atoms with Crippen LogP contribution in [0.4, 0.5) is 4.39 Å². The fourth-order valence-electron chi connectivity index (χ4n) is 1.74. The first-order valence-electron chi connectivity index (χ1n) is 6.25. The van der Waals surface area contributed by atoms with Crippen LogP contribution in [0.25, 0.3) is 0 Å². The highest BCUT2D eigenvalue weighted by atomic mass is 19.1. The van der Waals surface area contributed by atoms with E-state index >= 15 is 0 Å². The van der Waals surface area contributed by atoms with Crippen molar-refractivity contribution in [2.24, 2.45) is 0 Å². The first kappa shape index (κ1) is 14.0. The molecule has 0 fully saturated rings. The number of carboxylic acid groups (broad SMARTS) is 1. The fourth-order valence-corrected chi connectivity index (χ4v) is 1.74. The normalized spacial score (nSPS) is 10.3. The minimum absolute atomic E-state index is 0.215. The number of pyridine rings is 1. The molecule has 4 nitrogen and oxygen atoms in total. The van der Waals surface area contributed by atoms with Gasteiger partial charge in [-0.3, -0.25) is 0 Å². The van der Waals surface area contributed by atoms with Crippen LogP contribution in [-0.4, -0.2) is 16.1 Å². The predicted octanol–water partition coefficient (Wildman–Crippen LogP) is 3.66. The van der Waals surface area contributed by atoms with Gasteiger partial charge in [0, 0.05) is 6.20 Å². The highest BCUT2D eigenvalue weighted by Crippen LogP contribution is 2.23. The molecule has 20 heavy (non-hydrogen) atoms. The van der Waals surface area contributed by atoms with E-state index in [-0.39, 0.29) is 11.4 Å². The Morgan fingerprint density at radius 2 is 2.05 bits per heavy atom. The number of halogens is 1. The molecule has 0 atom stereocenters. The first-order valence-corrected chi connectivity index (χ1v) is 6.25. The van der Waals surface area contributed by atoms with Gasteiger partial charge in [0.25, 0.3) is 5.88 Å². The van der Waals surface area contributed by atoms with Gasteiger partial charge in [-0.15, -0.1) is 0 Å². The molecule has 1 N–H and O–H groups in total. The van der Waals surface area contributed by atoms with E-state index in [1.165, 1.54) is 5.56 Å². The number of hydrogen-bond acceptors (Lipinski definition) is 3. The van der Waals surface area contributed by atoms with Gasteiger partial charge < -0.3 is 9.84 Å². The molecular weight excluding hydrogens is 261 g/mol. The summed E-state index contributed by atoms with van der Waals surface area (Å²) in [5, 5.41) is 8.72. The van der Waals surface area contributed by atoms with Crippen LogP contribution in [0, 0.1) is 5.82 Å². The van der Waals surface area contributed by atoms with Crippen molar-refractivity contribution < 1.29 is 19.0 Å². The Morgan fingerprint density at radius 1 is 1.35 bits per heavy atom. The van der Waals surface area contributed by atoms with E-state index in [1.807, 2.05) is 12.1 Å². The summed E-state index contributed by atoms with van der Waals surface area (Å²) in [6.07, 6.45) is 3.08. The van der Waals surface area contributed by atoms with Crippen molar-refractivity contribution in [1.82, 2.24) is 4.98 Å². The number of nitrogens with zero attached hydrogens (tertiary/aromatic N) is 1. The maximum absolute atomic E-state index is 13.6. The van der Waals surface area contributed by atoms with E-state index in [0.717, 1.165) is 25.1 Å². The Balaban J connectivity index is 2.15. The van der Waals surface area contributed by atoms with Crippen molar-refractivity contribution >= 4 is 5.97 Å². The molecule has 0 aliphatic carbocycles. The van der Waals surface area contributed by atoms with E-state index in [9.17, 15) is 9.18 Å². The quantitative estimate of drug-likeness (QED) is 0.904. The highest BCUT2D eigenvalue weighted by molar-refractivity contribution is 5.87. The van der Waals surface area contributed by atoms with Crippen molar-refractivity contribution in [3.63, 3.8) is 0 Å². The van der Waals surface area contributed by atoms with E-state index in [4.69, 9.17) is 9.84 Å². The lowest BCUT2D eigenvalue weighted by atomic mass is 10.1. The molecule has 0 amide bonds. The zero-order chi connectivity index (χ0) is 14.5. The average Bonchev–Trinajstić information content (AvgIpc) is 2.43. The van der Waals surface area contributed by atoms with Gasteiger partial charge in [0.05, 0.1) is 5.56 Å². The standard InChI is InChI=1S/C15H14FNO3/c1-2-3-10-4-6-12(7-5-10)20-14-13(16)8-11(9-17-14)15(18)19/h4-9H,2-3H2,1H3,(H,18,19). The number of ether oxygens (including phenoxy) is 1. The number of rotatable bonds is 5. The van der Waals surface area contributed by atoms with Crippen LogP contribution in [0.3, 0.4) is 0 Å². The maximum atomic E-state index is 13.6. The van der Waals surface area contributed by atoms with Crippen molar-refractivity contribution in [1.29, 1.82) is 0 Å². The van der Waals surface area contributed by atoms with Crippen LogP contribution >= 0.6 is 0 Å². The third-order valence-corrected chi connectivity index (χ3v) is 2.73. The molecule has 0 saturated carbocycles. The van der Waals surface area contributed by atoms with Gasteiger partial charge in [-0.1, -0.05) is 25.5 Å². The lowest BCUT2D eigenvalue weighted by molar-refractivity contribution is 0.0695. The Bertz CT molecular complexity index is 611. The molecule has 1 aromatic heterocycles. The predicted molar refractivity (Wildman–Crippen MR) is 71.7 cm³/mol. The summed E-state index contributed by atoms with van der Waals surface area (Å²) in [6.45, 7) is 2.09. The van der Waals surface area contributed by atoms with Crippen LogP contribution in [-0.2, 0) is 6.42 Å². The summed E-state index contributed by atoms with van der Waals surface area (Å²) in [7, 11) is 0. The molecule has 5 heteroatoms. The van der Waals surface area contributed by atoms with Gasteiger partial charge in [0.15, 0.2) is 5.82 Å². The number of aromatic nitrogens is 1. The molecule has 0 spiro atoms. The lowest BCUT2D eigenvalue weighted by Crippen LogP contribution is -2.00. The Kier molecular flexibility index (Phi) is 4.30. The Hall–Kier alpha value is -2.43. The molecule has 104 valence electrons. The highest BCUT2D eigenvalue weighted by Gasteiger charge is 2.11. The summed E-state index contributed by atoms with van der Waals surface area (Å²) in [6, 6.07) is 8.16. The maximum Gasteiger partial charge on any atom is 0.337 e. The second kappa shape index (κ2) is 6.14. The van der Waals surface area contributed by atoms with Crippen LogP contribution in [0.1, 0.15) is 29.3 Å². The van der Waals surface area contributed by atoms with Gasteiger partial charge in [-0.25, -0.2) is 14.2 Å². The molecule has 0 bridgehead atoms. The molecule has 0 unspecified atom stereocenters. The van der Waals surface area contributed by atoms with E-state index in [2.05, 4.69) is 11.9 Å². The number of carbonyl (C=O) groups is 1. The van der Waals surface area contributed by atoms with Crippen molar-refractivity contribution in [2.75, 3.05) is 0 Å². The molecular formula is C15H14FNO3. The molecule has 0 aliphatic heterocycles. The Morgan fingerprint density at radius 3 is 2.60 bits per heavy atom. The SMILES string of the molecule is CCCc1ccc(Oc2ncc(C(=O)O)cc2F)cc1. The summed E-state index contributed by atoms with van der Waals surface area (Å²) >= 11 is 0. The summed E-state index contributed by atoms with van der Waals surface area (Å²) in [5.74, 6) is -1.81. The monoisotopic (exact) mass is 275 g/mol. The zero-order valence-electron chi connectivity index (χ0n) is 11.0. The van der Waals surface area contributed by atoms with E-state index < -0.39 is 11.8 Å². The van der Waals surface area contributed by atoms with Gasteiger partial charge >= 0.3 is 5.97 Å². The number of aromatic carboxylic acids is 1. The van der Waals surface area contributed by atoms with Crippen molar-refractivity contribution in [2.45, 2.75) is 19.8 Å². The van der Waals surface area contributed by atoms with Crippen molar-refractivity contribution in [3.8, 4) is 11.6 Å². The van der Waals surface area contributed by atoms with Crippen LogP contribution in [0.15, 0.2) is 36.5 Å². The van der Waals surface area contributed by atoms with Crippen molar-refractivity contribution in [3.05, 3.63) is 53.5 Å². The number of benzene rings is 1. The van der Waals surface area contributed by atoms with E-state index in [0.29, 0.717) is 5.75 Å². The molecule has 2 rings (SSSR count). The number of carboxylic acids is 1. The average molecular weight is 275 g/mol. The Labute approximate surface area is 115 Å². The first-order chi connectivity index (χ1) is 9.60. The largest absolute Gasteiger partial charge is 0.478 e. The molecule has 0 aliphatic rings. The second-order valence-corrected chi connectivity index (χ2v) is 4.31. The van der Waals surface area contributed by atoms with Crippen LogP contribution in [0.5, 0.6) is 11.6 Å². The summed E-state index contributed by atoms with van der Waals surface area (Å²) in [5.41, 5.74) is 0.961. The van der Waals surface area contributed by atoms with Gasteiger partial charge in [0.2, 0.25) is 0 Å². The van der Waals surface area contributed by atoms with Gasteiger partial charge in [-0.05, 0) is 30.2 Å². The fraction of sp³-hybridized carbons (Fsp3) is 0.200. The van der Waals surface area contributed by atoms with Gasteiger partial charge in [0.1, 0.15) is 5.75 Å². The van der Waals surface area contributed by atoms with E-state index in [1.54, 1.807) is 12.1 Å². The van der Waals surface area contributed by atoms with Gasteiger partial charge in [-0.2, -0.15) is 0 Å². The smallest absolute Gasteiger partial charge is 0.337 e. The molecule has 1 heterocycles.